The number of thioether (sulfide) groups is 1. The predicted octanol–water partition coefficient (Wildman–Crippen LogP) is 0.875. The van der Waals surface area contributed by atoms with Crippen LogP contribution in [0.25, 0.3) is 0 Å². The molecule has 4 nitrogen and oxygen atoms in total. The number of carbonyl (C=O) groups excluding carboxylic acids is 2. The lowest BCUT2D eigenvalue weighted by atomic mass is 10.2. The lowest BCUT2D eigenvalue weighted by Crippen LogP contribution is -2.43. The first-order valence-electron chi connectivity index (χ1n) is 4.47. The Morgan fingerprint density at radius 1 is 1.20 bits per heavy atom. The molecule has 1 aromatic carbocycles. The molecule has 0 bridgehead atoms. The summed E-state index contributed by atoms with van der Waals surface area (Å²) in [5.74, 6) is 0.338. The number of hydrogen-bond donors (Lipinski definition) is 1. The number of benzene rings is 1. The fourth-order valence-electron chi connectivity index (χ4n) is 1.45. The van der Waals surface area contributed by atoms with E-state index in [9.17, 15) is 9.59 Å². The monoisotopic (exact) mass is 222 g/mol. The molecule has 0 saturated carbocycles. The highest BCUT2D eigenvalue weighted by atomic mass is 32.2. The van der Waals surface area contributed by atoms with Gasteiger partial charge in [0, 0.05) is 5.69 Å². The van der Waals surface area contributed by atoms with Gasteiger partial charge in [0.25, 0.3) is 0 Å². The van der Waals surface area contributed by atoms with Crippen LogP contribution in [0.3, 0.4) is 0 Å². The number of nitrogens with zero attached hydrogens (tertiary/aromatic N) is 1. The summed E-state index contributed by atoms with van der Waals surface area (Å²) in [7, 11) is 0. The van der Waals surface area contributed by atoms with Crippen molar-refractivity contribution < 1.29 is 9.59 Å². The Labute approximate surface area is 91.4 Å². The summed E-state index contributed by atoms with van der Waals surface area (Å²) in [5.41, 5.74) is 6.71. The second-order valence-corrected chi connectivity index (χ2v) is 4.20. The van der Waals surface area contributed by atoms with Crippen LogP contribution in [0.5, 0.6) is 0 Å². The highest BCUT2D eigenvalue weighted by Crippen LogP contribution is 2.22. The first-order chi connectivity index (χ1) is 7.18. The second kappa shape index (κ2) is 3.94. The van der Waals surface area contributed by atoms with Gasteiger partial charge >= 0.3 is 0 Å². The van der Waals surface area contributed by atoms with Gasteiger partial charge in [0.2, 0.25) is 11.8 Å². The van der Waals surface area contributed by atoms with E-state index in [1.165, 1.54) is 16.7 Å². The SMILES string of the molecule is Nc1cccc(N2C(=O)CSCC2=O)c1. The Balaban J connectivity index is 2.35. The molecule has 1 saturated heterocycles. The summed E-state index contributed by atoms with van der Waals surface area (Å²) in [6.07, 6.45) is 0. The van der Waals surface area contributed by atoms with Crippen molar-refractivity contribution in [1.82, 2.24) is 0 Å². The molecule has 0 aliphatic carbocycles. The molecule has 0 spiro atoms. The number of imide groups is 1. The van der Waals surface area contributed by atoms with Crippen molar-refractivity contribution in [3.05, 3.63) is 24.3 Å². The van der Waals surface area contributed by atoms with Crippen molar-refractivity contribution in [3.63, 3.8) is 0 Å². The smallest absolute Gasteiger partial charge is 0.243 e. The molecule has 1 heterocycles. The summed E-state index contributed by atoms with van der Waals surface area (Å²) in [6, 6.07) is 6.79. The van der Waals surface area contributed by atoms with E-state index in [1.807, 2.05) is 0 Å². The Bertz CT molecular complexity index is 404. The van der Waals surface area contributed by atoms with Crippen LogP contribution in [0.2, 0.25) is 0 Å². The van der Waals surface area contributed by atoms with Crippen molar-refractivity contribution in [2.24, 2.45) is 0 Å². The van der Waals surface area contributed by atoms with Crippen LogP contribution in [0.1, 0.15) is 0 Å². The molecule has 0 radical (unpaired) electrons. The molecule has 78 valence electrons. The first-order valence-corrected chi connectivity index (χ1v) is 5.63. The number of amides is 2. The Hall–Kier alpha value is -1.49. The van der Waals surface area contributed by atoms with E-state index in [4.69, 9.17) is 5.73 Å². The van der Waals surface area contributed by atoms with Gasteiger partial charge in [-0.25, -0.2) is 4.90 Å². The second-order valence-electron chi connectivity index (χ2n) is 3.21. The van der Waals surface area contributed by atoms with E-state index in [-0.39, 0.29) is 11.8 Å². The molecule has 1 aliphatic heterocycles. The maximum Gasteiger partial charge on any atom is 0.243 e. The van der Waals surface area contributed by atoms with Crippen molar-refractivity contribution >= 4 is 35.0 Å². The van der Waals surface area contributed by atoms with Gasteiger partial charge in [0.1, 0.15) is 0 Å². The average Bonchev–Trinajstić information content (AvgIpc) is 2.17. The van der Waals surface area contributed by atoms with Gasteiger partial charge in [-0.3, -0.25) is 9.59 Å². The van der Waals surface area contributed by atoms with Crippen LogP contribution < -0.4 is 10.6 Å². The van der Waals surface area contributed by atoms with E-state index in [0.29, 0.717) is 22.9 Å². The quantitative estimate of drug-likeness (QED) is 0.566. The van der Waals surface area contributed by atoms with Gasteiger partial charge in [-0.1, -0.05) is 6.07 Å². The number of anilines is 2. The zero-order valence-electron chi connectivity index (χ0n) is 7.97. The molecule has 15 heavy (non-hydrogen) atoms. The van der Waals surface area contributed by atoms with Gasteiger partial charge in [-0.15, -0.1) is 11.8 Å². The number of hydrogen-bond acceptors (Lipinski definition) is 4. The lowest BCUT2D eigenvalue weighted by molar-refractivity contribution is -0.124. The van der Waals surface area contributed by atoms with Crippen LogP contribution in [0.4, 0.5) is 11.4 Å². The van der Waals surface area contributed by atoms with Gasteiger partial charge in [-0.2, -0.15) is 0 Å². The number of nitrogen functional groups attached to an aromatic ring is 1. The van der Waals surface area contributed by atoms with E-state index >= 15 is 0 Å². The summed E-state index contributed by atoms with van der Waals surface area (Å²) >= 11 is 1.34. The molecule has 1 aliphatic rings. The fourth-order valence-corrected chi connectivity index (χ4v) is 2.16. The third kappa shape index (κ3) is 1.97. The third-order valence-electron chi connectivity index (χ3n) is 2.08. The molecule has 2 N–H and O–H groups in total. The third-order valence-corrected chi connectivity index (χ3v) is 2.98. The van der Waals surface area contributed by atoms with Gasteiger partial charge in [0.15, 0.2) is 0 Å². The highest BCUT2D eigenvalue weighted by Gasteiger charge is 2.27. The van der Waals surface area contributed by atoms with Gasteiger partial charge in [0.05, 0.1) is 17.2 Å². The van der Waals surface area contributed by atoms with Crippen molar-refractivity contribution in [3.8, 4) is 0 Å². The molecule has 0 atom stereocenters. The predicted molar refractivity (Wildman–Crippen MR) is 60.7 cm³/mol. The lowest BCUT2D eigenvalue weighted by Gasteiger charge is -2.24. The molecular weight excluding hydrogens is 212 g/mol. The molecular formula is C10H10N2O2S. The van der Waals surface area contributed by atoms with Gasteiger partial charge < -0.3 is 5.73 Å². The van der Waals surface area contributed by atoms with E-state index < -0.39 is 0 Å². The van der Waals surface area contributed by atoms with Crippen LogP contribution >= 0.6 is 11.8 Å². The Kier molecular flexibility index (Phi) is 2.64. The number of nitrogens with two attached hydrogens (primary N) is 1. The van der Waals surface area contributed by atoms with Crippen molar-refractivity contribution in [2.45, 2.75) is 0 Å². The Morgan fingerprint density at radius 3 is 2.47 bits per heavy atom. The average molecular weight is 222 g/mol. The van der Waals surface area contributed by atoms with Crippen LogP contribution in [-0.2, 0) is 9.59 Å². The molecule has 1 fully saturated rings. The molecule has 0 unspecified atom stereocenters. The standard InChI is InChI=1S/C10H10N2O2S/c11-7-2-1-3-8(4-7)12-9(13)5-15-6-10(12)14/h1-4H,5-6,11H2. The summed E-state index contributed by atoms with van der Waals surface area (Å²) < 4.78 is 0. The maximum atomic E-state index is 11.6. The van der Waals surface area contributed by atoms with E-state index in [2.05, 4.69) is 0 Å². The first kappa shape index (κ1) is 10.0. The molecule has 2 amide bonds. The molecule has 5 heteroatoms. The summed E-state index contributed by atoms with van der Waals surface area (Å²) in [4.78, 5) is 24.3. The Morgan fingerprint density at radius 2 is 1.87 bits per heavy atom. The minimum Gasteiger partial charge on any atom is -0.399 e. The van der Waals surface area contributed by atoms with Crippen molar-refractivity contribution in [2.75, 3.05) is 22.1 Å². The minimum atomic E-state index is -0.179. The topological polar surface area (TPSA) is 63.4 Å². The van der Waals surface area contributed by atoms with Gasteiger partial charge in [-0.05, 0) is 18.2 Å². The normalized spacial score (nSPS) is 16.9. The van der Waals surface area contributed by atoms with Crippen molar-refractivity contribution in [1.29, 1.82) is 0 Å². The van der Waals surface area contributed by atoms with E-state index in [1.54, 1.807) is 24.3 Å². The number of rotatable bonds is 1. The molecule has 2 rings (SSSR count). The minimum absolute atomic E-state index is 0.179. The zero-order valence-corrected chi connectivity index (χ0v) is 8.79. The maximum absolute atomic E-state index is 11.6. The van der Waals surface area contributed by atoms with Crippen LogP contribution in [-0.4, -0.2) is 23.3 Å². The summed E-state index contributed by atoms with van der Waals surface area (Å²) in [5, 5.41) is 0. The van der Waals surface area contributed by atoms with E-state index in [0.717, 1.165) is 0 Å². The largest absolute Gasteiger partial charge is 0.399 e. The number of carbonyl (C=O) groups is 2. The summed E-state index contributed by atoms with van der Waals surface area (Å²) in [6.45, 7) is 0. The fraction of sp³-hybridized carbons (Fsp3) is 0.200. The molecule has 1 aromatic rings. The van der Waals surface area contributed by atoms with Crippen LogP contribution in [0, 0.1) is 0 Å². The molecule has 0 aromatic heterocycles. The van der Waals surface area contributed by atoms with Crippen LogP contribution in [0.15, 0.2) is 24.3 Å². The highest BCUT2D eigenvalue weighted by molar-refractivity contribution is 8.00. The zero-order chi connectivity index (χ0) is 10.8.